The first-order valence-corrected chi connectivity index (χ1v) is 5.00. The van der Waals surface area contributed by atoms with Crippen molar-refractivity contribution >= 4 is 11.3 Å². The van der Waals surface area contributed by atoms with Gasteiger partial charge in [-0.1, -0.05) is 0 Å². The number of aromatic nitrogens is 2. The number of anilines is 1. The molecule has 72 valence electrons. The van der Waals surface area contributed by atoms with Gasteiger partial charge >= 0.3 is 0 Å². The summed E-state index contributed by atoms with van der Waals surface area (Å²) in [5.41, 5.74) is 10.0. The molecule has 0 aromatic carbocycles. The number of nitrogen functional groups attached to an aromatic ring is 1. The highest BCUT2D eigenvalue weighted by Gasteiger charge is 2.28. The Hall–Kier alpha value is -1.51. The Morgan fingerprint density at radius 3 is 3.00 bits per heavy atom. The van der Waals surface area contributed by atoms with Crippen LogP contribution in [0.25, 0.3) is 5.65 Å². The normalized spacial score (nSPS) is 16.4. The molecule has 2 aromatic rings. The van der Waals surface area contributed by atoms with Crippen LogP contribution in [0.3, 0.4) is 0 Å². The Labute approximate surface area is 82.6 Å². The molecule has 2 aromatic heterocycles. The number of rotatable bonds is 1. The molecule has 0 unspecified atom stereocenters. The standard InChI is InChI=1S/C11H13N3/c1-7-11(8-2-3-8)13-10-6-9(12)4-5-14(7)10/h4-6,8H,2-3,12H2,1H3. The van der Waals surface area contributed by atoms with E-state index in [2.05, 4.69) is 16.3 Å². The van der Waals surface area contributed by atoms with Crippen LogP contribution in [0, 0.1) is 6.92 Å². The maximum Gasteiger partial charge on any atom is 0.139 e. The SMILES string of the molecule is Cc1c(C2CC2)nc2cc(N)ccn12. The number of nitrogens with zero attached hydrogens (tertiary/aromatic N) is 2. The van der Waals surface area contributed by atoms with Gasteiger partial charge in [-0.2, -0.15) is 0 Å². The number of fused-ring (bicyclic) bond motifs is 1. The highest BCUT2D eigenvalue weighted by atomic mass is 15.0. The average molecular weight is 187 g/mol. The number of hydrogen-bond donors (Lipinski definition) is 1. The second-order valence-corrected chi connectivity index (χ2v) is 4.05. The van der Waals surface area contributed by atoms with Crippen molar-refractivity contribution in [3.8, 4) is 0 Å². The van der Waals surface area contributed by atoms with E-state index in [0.29, 0.717) is 5.92 Å². The fourth-order valence-corrected chi connectivity index (χ4v) is 1.94. The van der Waals surface area contributed by atoms with Crippen LogP contribution in [-0.4, -0.2) is 9.38 Å². The average Bonchev–Trinajstić information content (AvgIpc) is 2.93. The molecular formula is C11H13N3. The minimum absolute atomic E-state index is 0.705. The van der Waals surface area contributed by atoms with E-state index in [1.807, 2.05) is 18.3 Å². The molecule has 3 heteroatoms. The van der Waals surface area contributed by atoms with Crippen molar-refractivity contribution < 1.29 is 0 Å². The van der Waals surface area contributed by atoms with E-state index in [1.165, 1.54) is 24.2 Å². The minimum Gasteiger partial charge on any atom is -0.399 e. The lowest BCUT2D eigenvalue weighted by atomic mass is 10.2. The lowest BCUT2D eigenvalue weighted by Crippen LogP contribution is -1.90. The third-order valence-electron chi connectivity index (χ3n) is 2.89. The molecule has 3 nitrogen and oxygen atoms in total. The van der Waals surface area contributed by atoms with Crippen molar-refractivity contribution in [2.24, 2.45) is 0 Å². The Bertz CT molecular complexity index is 494. The first kappa shape index (κ1) is 7.85. The molecule has 0 saturated heterocycles. The van der Waals surface area contributed by atoms with E-state index in [1.54, 1.807) is 0 Å². The molecule has 0 bridgehead atoms. The molecule has 0 atom stereocenters. The van der Waals surface area contributed by atoms with Crippen LogP contribution in [0.15, 0.2) is 18.3 Å². The fourth-order valence-electron chi connectivity index (χ4n) is 1.94. The van der Waals surface area contributed by atoms with E-state index in [-0.39, 0.29) is 0 Å². The van der Waals surface area contributed by atoms with Crippen molar-refractivity contribution in [1.29, 1.82) is 0 Å². The van der Waals surface area contributed by atoms with Gasteiger partial charge in [0.2, 0.25) is 0 Å². The first-order valence-electron chi connectivity index (χ1n) is 5.00. The number of nitrogens with two attached hydrogens (primary N) is 1. The van der Waals surface area contributed by atoms with E-state index < -0.39 is 0 Å². The largest absolute Gasteiger partial charge is 0.399 e. The molecule has 0 radical (unpaired) electrons. The third-order valence-corrected chi connectivity index (χ3v) is 2.89. The van der Waals surface area contributed by atoms with Gasteiger partial charge in [0, 0.05) is 29.6 Å². The van der Waals surface area contributed by atoms with Crippen molar-refractivity contribution in [3.63, 3.8) is 0 Å². The number of imidazole rings is 1. The van der Waals surface area contributed by atoms with Gasteiger partial charge < -0.3 is 10.1 Å². The lowest BCUT2D eigenvalue weighted by Gasteiger charge is -1.97. The summed E-state index contributed by atoms with van der Waals surface area (Å²) in [6, 6.07) is 3.84. The maximum absolute atomic E-state index is 5.72. The summed E-state index contributed by atoms with van der Waals surface area (Å²) in [6.07, 6.45) is 4.58. The molecule has 0 aliphatic heterocycles. The Morgan fingerprint density at radius 2 is 2.29 bits per heavy atom. The smallest absolute Gasteiger partial charge is 0.139 e. The Balaban J connectivity index is 2.28. The van der Waals surface area contributed by atoms with Crippen LogP contribution in [-0.2, 0) is 0 Å². The summed E-state index contributed by atoms with van der Waals surface area (Å²) in [5.74, 6) is 0.705. The summed E-state index contributed by atoms with van der Waals surface area (Å²) in [7, 11) is 0. The van der Waals surface area contributed by atoms with Gasteiger partial charge in [0.1, 0.15) is 5.65 Å². The van der Waals surface area contributed by atoms with E-state index in [0.717, 1.165) is 11.3 Å². The molecule has 14 heavy (non-hydrogen) atoms. The maximum atomic E-state index is 5.72. The molecule has 0 spiro atoms. The monoisotopic (exact) mass is 187 g/mol. The van der Waals surface area contributed by atoms with Gasteiger partial charge in [-0.05, 0) is 25.8 Å². The second kappa shape index (κ2) is 2.50. The van der Waals surface area contributed by atoms with Gasteiger partial charge in [-0.25, -0.2) is 4.98 Å². The minimum atomic E-state index is 0.705. The first-order chi connectivity index (χ1) is 6.75. The molecule has 2 heterocycles. The van der Waals surface area contributed by atoms with Gasteiger partial charge in [0.05, 0.1) is 5.69 Å². The molecule has 3 rings (SSSR count). The molecule has 0 amide bonds. The van der Waals surface area contributed by atoms with Crippen LogP contribution < -0.4 is 5.73 Å². The lowest BCUT2D eigenvalue weighted by molar-refractivity contribution is 1.01. The third kappa shape index (κ3) is 1.02. The molecule has 2 N–H and O–H groups in total. The van der Waals surface area contributed by atoms with Gasteiger partial charge in [-0.3, -0.25) is 0 Å². The number of hydrogen-bond acceptors (Lipinski definition) is 2. The van der Waals surface area contributed by atoms with E-state index >= 15 is 0 Å². The molecule has 1 aliphatic rings. The van der Waals surface area contributed by atoms with Crippen LogP contribution in [0.1, 0.15) is 30.1 Å². The Kier molecular flexibility index (Phi) is 1.40. The highest BCUT2D eigenvalue weighted by molar-refractivity contribution is 5.54. The van der Waals surface area contributed by atoms with Crippen molar-refractivity contribution in [2.75, 3.05) is 5.73 Å². The van der Waals surface area contributed by atoms with Crippen LogP contribution in [0.5, 0.6) is 0 Å². The predicted molar refractivity (Wildman–Crippen MR) is 56.3 cm³/mol. The van der Waals surface area contributed by atoms with Crippen molar-refractivity contribution in [3.05, 3.63) is 29.7 Å². The molecule has 1 saturated carbocycles. The second-order valence-electron chi connectivity index (χ2n) is 4.05. The molecule has 1 fully saturated rings. The zero-order chi connectivity index (χ0) is 9.71. The summed E-state index contributed by atoms with van der Waals surface area (Å²) < 4.78 is 2.12. The fraction of sp³-hybridized carbons (Fsp3) is 0.364. The molecule has 1 aliphatic carbocycles. The zero-order valence-electron chi connectivity index (χ0n) is 8.20. The van der Waals surface area contributed by atoms with Gasteiger partial charge in [0.15, 0.2) is 0 Å². The van der Waals surface area contributed by atoms with Crippen molar-refractivity contribution in [1.82, 2.24) is 9.38 Å². The Morgan fingerprint density at radius 1 is 1.50 bits per heavy atom. The number of pyridine rings is 1. The van der Waals surface area contributed by atoms with Crippen LogP contribution in [0.2, 0.25) is 0 Å². The predicted octanol–water partition coefficient (Wildman–Crippen LogP) is 2.10. The van der Waals surface area contributed by atoms with Gasteiger partial charge in [-0.15, -0.1) is 0 Å². The summed E-state index contributed by atoms with van der Waals surface area (Å²) in [6.45, 7) is 2.13. The van der Waals surface area contributed by atoms with Crippen LogP contribution >= 0.6 is 0 Å². The summed E-state index contributed by atoms with van der Waals surface area (Å²) in [5, 5.41) is 0. The summed E-state index contributed by atoms with van der Waals surface area (Å²) in [4.78, 5) is 4.62. The highest BCUT2D eigenvalue weighted by Crippen LogP contribution is 2.41. The van der Waals surface area contributed by atoms with E-state index in [9.17, 15) is 0 Å². The van der Waals surface area contributed by atoms with Crippen LogP contribution in [0.4, 0.5) is 5.69 Å². The number of aryl methyl sites for hydroxylation is 1. The zero-order valence-corrected chi connectivity index (χ0v) is 8.20. The van der Waals surface area contributed by atoms with Crippen molar-refractivity contribution in [2.45, 2.75) is 25.7 Å². The topological polar surface area (TPSA) is 43.3 Å². The van der Waals surface area contributed by atoms with E-state index in [4.69, 9.17) is 5.73 Å². The van der Waals surface area contributed by atoms with Gasteiger partial charge in [0.25, 0.3) is 0 Å². The quantitative estimate of drug-likeness (QED) is 0.743. The molecular weight excluding hydrogens is 174 g/mol. The summed E-state index contributed by atoms with van der Waals surface area (Å²) >= 11 is 0.